The lowest BCUT2D eigenvalue weighted by molar-refractivity contribution is 0.140. The first-order valence-corrected chi connectivity index (χ1v) is 6.82. The maximum absolute atomic E-state index is 13.4. The van der Waals surface area contributed by atoms with E-state index in [0.717, 1.165) is 5.56 Å². The Morgan fingerprint density at radius 2 is 1.95 bits per heavy atom. The van der Waals surface area contributed by atoms with Crippen molar-refractivity contribution in [2.24, 2.45) is 0 Å². The van der Waals surface area contributed by atoms with Crippen LogP contribution in [0.4, 0.5) is 9.18 Å². The summed E-state index contributed by atoms with van der Waals surface area (Å²) in [6.45, 7) is 0.539. The molecule has 0 saturated heterocycles. The molecule has 0 fully saturated rings. The van der Waals surface area contributed by atoms with Gasteiger partial charge in [0.05, 0.1) is 5.56 Å². The van der Waals surface area contributed by atoms with E-state index in [9.17, 15) is 9.18 Å². The highest BCUT2D eigenvalue weighted by Crippen LogP contribution is 2.09. The maximum atomic E-state index is 13.4. The number of halogens is 1. The van der Waals surface area contributed by atoms with Crippen LogP contribution < -0.4 is 5.32 Å². The molecule has 2 aromatic rings. The molecule has 0 saturated carbocycles. The van der Waals surface area contributed by atoms with Gasteiger partial charge in [-0.05, 0) is 29.7 Å². The first-order chi connectivity index (χ1) is 10.7. The molecule has 0 bridgehead atoms. The first-order valence-electron chi connectivity index (χ1n) is 6.82. The van der Waals surface area contributed by atoms with Crippen LogP contribution in [0.15, 0.2) is 48.5 Å². The third kappa shape index (κ3) is 4.60. The fraction of sp³-hybridized carbons (Fsp3) is 0.176. The number of hydrogen-bond acceptors (Lipinski definition) is 3. The lowest BCUT2D eigenvalue weighted by Gasteiger charge is -2.07. The highest BCUT2D eigenvalue weighted by molar-refractivity contribution is 5.67. The number of carbonyl (C=O) groups is 1. The van der Waals surface area contributed by atoms with Gasteiger partial charge in [0.15, 0.2) is 0 Å². The Morgan fingerprint density at radius 3 is 2.64 bits per heavy atom. The second-order valence-electron chi connectivity index (χ2n) is 4.66. The minimum absolute atomic E-state index is 0.0129. The summed E-state index contributed by atoms with van der Waals surface area (Å²) in [6, 6.07) is 15.5. The quantitative estimate of drug-likeness (QED) is 0.922. The highest BCUT2D eigenvalue weighted by Gasteiger charge is 2.05. The summed E-state index contributed by atoms with van der Waals surface area (Å²) in [7, 11) is 0. The Bertz CT molecular complexity index is 681. The van der Waals surface area contributed by atoms with E-state index in [0.29, 0.717) is 18.5 Å². The van der Waals surface area contributed by atoms with Crippen LogP contribution in [0.25, 0.3) is 0 Å². The van der Waals surface area contributed by atoms with Gasteiger partial charge in [-0.25, -0.2) is 9.18 Å². The summed E-state index contributed by atoms with van der Waals surface area (Å²) < 4.78 is 18.5. The Kier molecular flexibility index (Phi) is 5.50. The van der Waals surface area contributed by atoms with Crippen molar-refractivity contribution in [3.63, 3.8) is 0 Å². The molecule has 0 aromatic heterocycles. The third-order valence-corrected chi connectivity index (χ3v) is 3.05. The molecule has 22 heavy (non-hydrogen) atoms. The van der Waals surface area contributed by atoms with Gasteiger partial charge < -0.3 is 10.1 Å². The van der Waals surface area contributed by atoms with E-state index < -0.39 is 11.9 Å². The van der Waals surface area contributed by atoms with Crippen molar-refractivity contribution in [2.45, 2.75) is 13.0 Å². The van der Waals surface area contributed by atoms with Crippen molar-refractivity contribution in [2.75, 3.05) is 6.54 Å². The fourth-order valence-electron chi connectivity index (χ4n) is 1.89. The number of rotatable bonds is 5. The molecular formula is C17H15FN2O2. The zero-order valence-electron chi connectivity index (χ0n) is 11.9. The molecule has 0 spiro atoms. The normalized spacial score (nSPS) is 9.82. The van der Waals surface area contributed by atoms with Crippen LogP contribution in [0.2, 0.25) is 0 Å². The Labute approximate surface area is 128 Å². The summed E-state index contributed by atoms with van der Waals surface area (Å²) in [5.74, 6) is -0.549. The minimum atomic E-state index is -0.549. The molecule has 0 radical (unpaired) electrons. The van der Waals surface area contributed by atoms with Crippen LogP contribution in [0, 0.1) is 17.1 Å². The van der Waals surface area contributed by atoms with Crippen LogP contribution in [-0.4, -0.2) is 12.6 Å². The SMILES string of the molecule is N#Cc1ccc(CCNC(=O)OCc2ccccc2)cc1F. The van der Waals surface area contributed by atoms with Gasteiger partial charge in [0.25, 0.3) is 0 Å². The van der Waals surface area contributed by atoms with Gasteiger partial charge in [-0.15, -0.1) is 0 Å². The van der Waals surface area contributed by atoms with Crippen molar-refractivity contribution in [1.29, 1.82) is 5.26 Å². The molecule has 0 aliphatic carbocycles. The van der Waals surface area contributed by atoms with Gasteiger partial charge in [0, 0.05) is 6.54 Å². The number of hydrogen-bond donors (Lipinski definition) is 1. The topological polar surface area (TPSA) is 62.1 Å². The molecule has 5 heteroatoms. The number of carbonyl (C=O) groups excluding carboxylic acids is 1. The number of nitrogens with zero attached hydrogens (tertiary/aromatic N) is 1. The second-order valence-corrected chi connectivity index (χ2v) is 4.66. The number of alkyl carbamates (subject to hydrolysis) is 1. The zero-order valence-corrected chi connectivity index (χ0v) is 11.9. The molecule has 0 aliphatic rings. The van der Waals surface area contributed by atoms with E-state index in [-0.39, 0.29) is 12.2 Å². The van der Waals surface area contributed by atoms with Gasteiger partial charge >= 0.3 is 6.09 Å². The van der Waals surface area contributed by atoms with Crippen LogP contribution in [0.1, 0.15) is 16.7 Å². The number of nitriles is 1. The van der Waals surface area contributed by atoms with E-state index in [1.165, 1.54) is 12.1 Å². The van der Waals surface area contributed by atoms with Crippen LogP contribution in [-0.2, 0) is 17.8 Å². The molecule has 0 unspecified atom stereocenters. The standard InChI is InChI=1S/C17H15FN2O2/c18-16-10-13(6-7-15(16)11-19)8-9-20-17(21)22-12-14-4-2-1-3-5-14/h1-7,10H,8-9,12H2,(H,20,21). The van der Waals surface area contributed by atoms with Gasteiger partial charge in [-0.3, -0.25) is 0 Å². The van der Waals surface area contributed by atoms with E-state index in [1.807, 2.05) is 30.3 Å². The molecule has 1 amide bonds. The monoisotopic (exact) mass is 298 g/mol. The Morgan fingerprint density at radius 1 is 1.18 bits per heavy atom. The molecular weight excluding hydrogens is 283 g/mol. The molecule has 0 atom stereocenters. The summed E-state index contributed by atoms with van der Waals surface area (Å²) >= 11 is 0. The van der Waals surface area contributed by atoms with Crippen LogP contribution in [0.3, 0.4) is 0 Å². The molecule has 2 aromatic carbocycles. The minimum Gasteiger partial charge on any atom is -0.445 e. The van der Waals surface area contributed by atoms with Crippen LogP contribution >= 0.6 is 0 Å². The molecule has 4 nitrogen and oxygen atoms in total. The maximum Gasteiger partial charge on any atom is 0.407 e. The zero-order chi connectivity index (χ0) is 15.8. The van der Waals surface area contributed by atoms with E-state index in [4.69, 9.17) is 10.00 Å². The predicted molar refractivity (Wildman–Crippen MR) is 79.4 cm³/mol. The van der Waals surface area contributed by atoms with Crippen molar-refractivity contribution in [3.05, 3.63) is 71.0 Å². The van der Waals surface area contributed by atoms with Crippen molar-refractivity contribution in [1.82, 2.24) is 5.32 Å². The predicted octanol–water partition coefficient (Wildman–Crippen LogP) is 3.17. The van der Waals surface area contributed by atoms with Gasteiger partial charge in [-0.2, -0.15) is 5.26 Å². The highest BCUT2D eigenvalue weighted by atomic mass is 19.1. The Balaban J connectivity index is 1.73. The fourth-order valence-corrected chi connectivity index (χ4v) is 1.89. The van der Waals surface area contributed by atoms with Crippen molar-refractivity contribution < 1.29 is 13.9 Å². The van der Waals surface area contributed by atoms with Crippen molar-refractivity contribution >= 4 is 6.09 Å². The van der Waals surface area contributed by atoms with E-state index in [1.54, 1.807) is 12.1 Å². The summed E-state index contributed by atoms with van der Waals surface area (Å²) in [6.07, 6.45) is -0.0544. The molecule has 1 N–H and O–H groups in total. The number of ether oxygens (including phenoxy) is 1. The number of nitrogens with one attached hydrogen (secondary N) is 1. The second kappa shape index (κ2) is 7.79. The summed E-state index contributed by atoms with van der Waals surface area (Å²) in [5, 5.41) is 11.2. The largest absolute Gasteiger partial charge is 0.445 e. The van der Waals surface area contributed by atoms with E-state index >= 15 is 0 Å². The average Bonchev–Trinajstić information content (AvgIpc) is 2.54. The number of benzene rings is 2. The van der Waals surface area contributed by atoms with Gasteiger partial charge in [0.1, 0.15) is 18.5 Å². The smallest absolute Gasteiger partial charge is 0.407 e. The average molecular weight is 298 g/mol. The molecule has 2 rings (SSSR count). The lowest BCUT2D eigenvalue weighted by Crippen LogP contribution is -2.26. The van der Waals surface area contributed by atoms with Gasteiger partial charge in [0.2, 0.25) is 0 Å². The third-order valence-electron chi connectivity index (χ3n) is 3.05. The summed E-state index contributed by atoms with van der Waals surface area (Å²) in [5.41, 5.74) is 1.63. The molecule has 112 valence electrons. The first kappa shape index (κ1) is 15.5. The molecule has 0 heterocycles. The van der Waals surface area contributed by atoms with Crippen LogP contribution in [0.5, 0.6) is 0 Å². The van der Waals surface area contributed by atoms with E-state index in [2.05, 4.69) is 5.32 Å². The summed E-state index contributed by atoms with van der Waals surface area (Å²) in [4.78, 5) is 11.5. The van der Waals surface area contributed by atoms with Crippen molar-refractivity contribution in [3.8, 4) is 6.07 Å². The Hall–Kier alpha value is -2.87. The lowest BCUT2D eigenvalue weighted by atomic mass is 10.1. The van der Waals surface area contributed by atoms with Gasteiger partial charge in [-0.1, -0.05) is 36.4 Å². The molecule has 0 aliphatic heterocycles. The number of amides is 1.